The highest BCUT2D eigenvalue weighted by atomic mass is 19.1. The molecule has 0 aromatic heterocycles. The van der Waals surface area contributed by atoms with Gasteiger partial charge in [-0.1, -0.05) is 13.0 Å². The summed E-state index contributed by atoms with van der Waals surface area (Å²) in [4.78, 5) is 56.9. The molecule has 15 nitrogen and oxygen atoms in total. The Morgan fingerprint density at radius 3 is 2.48 bits per heavy atom. The zero-order valence-electron chi connectivity index (χ0n) is 32.1. The van der Waals surface area contributed by atoms with Crippen LogP contribution in [0.1, 0.15) is 83.5 Å². The Bertz CT molecular complexity index is 1800. The molecule has 4 aliphatic carbocycles. The quantitative estimate of drug-likeness (QED) is 0.100. The van der Waals surface area contributed by atoms with Gasteiger partial charge in [0, 0.05) is 16.7 Å². The number of ketones is 2. The molecule has 17 heteroatoms. The van der Waals surface area contributed by atoms with Crippen LogP contribution in [0.2, 0.25) is 0 Å². The van der Waals surface area contributed by atoms with Gasteiger partial charge in [-0.25, -0.2) is 23.2 Å². The summed E-state index contributed by atoms with van der Waals surface area (Å²) in [5.74, 6) is -5.09. The van der Waals surface area contributed by atoms with Crippen molar-refractivity contribution in [2.24, 2.45) is 22.7 Å². The smallest absolute Gasteiger partial charge is 0.493 e. The number of methoxy groups -OCH3 is 1. The normalized spacial score (nSPS) is 35.8. The Morgan fingerprint density at radius 2 is 1.79 bits per heavy atom. The lowest BCUT2D eigenvalue weighted by molar-refractivity contribution is -0.503. The number of ether oxygens (including phenoxy) is 6. The summed E-state index contributed by atoms with van der Waals surface area (Å²) in [5, 5.41) is 28.8. The lowest BCUT2D eigenvalue weighted by Crippen LogP contribution is -2.71. The minimum Gasteiger partial charge on any atom is -0.493 e. The van der Waals surface area contributed by atoms with Crippen molar-refractivity contribution in [3.05, 3.63) is 47.6 Å². The fourth-order valence-electron chi connectivity index (χ4n) is 10.0. The summed E-state index contributed by atoms with van der Waals surface area (Å²) in [5.41, 5.74) is -7.05. The fourth-order valence-corrected chi connectivity index (χ4v) is 10.0. The lowest BCUT2D eigenvalue weighted by Gasteiger charge is -2.63. The number of alkyl halides is 2. The van der Waals surface area contributed by atoms with Crippen molar-refractivity contribution in [2.45, 2.75) is 115 Å². The van der Waals surface area contributed by atoms with Crippen LogP contribution in [0.15, 0.2) is 42.0 Å². The van der Waals surface area contributed by atoms with Crippen LogP contribution in [0, 0.1) is 22.7 Å². The highest BCUT2D eigenvalue weighted by molar-refractivity contribution is 6.01. The predicted octanol–water partition coefficient (Wildman–Crippen LogP) is 5.33. The summed E-state index contributed by atoms with van der Waals surface area (Å²) in [6.45, 7) is 7.27. The van der Waals surface area contributed by atoms with Crippen molar-refractivity contribution in [3.63, 3.8) is 0 Å². The number of hydrogen-bond acceptors (Lipinski definition) is 15. The van der Waals surface area contributed by atoms with Crippen LogP contribution < -0.4 is 9.47 Å². The molecule has 1 aliphatic heterocycles. The average molecular weight is 794 g/mol. The summed E-state index contributed by atoms with van der Waals surface area (Å²) in [6, 6.07) is 3.92. The van der Waals surface area contributed by atoms with E-state index in [2.05, 4.69) is 4.84 Å². The number of Topliss-reactive ketones (excluding diaryl/α,β-unsaturated/α-hetero) is 1. The molecule has 308 valence electrons. The maximum Gasteiger partial charge on any atom is 0.514 e. The second kappa shape index (κ2) is 15.2. The first-order valence-electron chi connectivity index (χ1n) is 18.6. The highest BCUT2D eigenvalue weighted by Gasteiger charge is 2.80. The van der Waals surface area contributed by atoms with Crippen molar-refractivity contribution >= 4 is 23.7 Å². The number of esters is 1. The molecule has 10 atom stereocenters. The monoisotopic (exact) mass is 793 g/mol. The Labute approximate surface area is 322 Å². The third-order valence-electron chi connectivity index (χ3n) is 12.5. The minimum atomic E-state index is -2.38. The molecular weight excluding hydrogens is 744 g/mol. The maximum atomic E-state index is 17.7. The Hall–Kier alpha value is -3.84. The number of allylic oxidation sites excluding steroid dienone is 4. The summed E-state index contributed by atoms with van der Waals surface area (Å²) in [7, 11) is 1.29. The molecule has 4 fully saturated rings. The minimum absolute atomic E-state index is 0.0150. The van der Waals surface area contributed by atoms with E-state index in [0.717, 1.165) is 6.08 Å². The van der Waals surface area contributed by atoms with Gasteiger partial charge in [0.15, 0.2) is 40.9 Å². The van der Waals surface area contributed by atoms with Crippen LogP contribution in [0.4, 0.5) is 13.6 Å². The fraction of sp³-hybridized carbons (Fsp3) is 0.641. The van der Waals surface area contributed by atoms with Crippen molar-refractivity contribution in [3.8, 4) is 11.5 Å². The number of aliphatic hydroxyl groups is 1. The van der Waals surface area contributed by atoms with Gasteiger partial charge in [-0.3, -0.25) is 20.0 Å². The van der Waals surface area contributed by atoms with Gasteiger partial charge in [0.25, 0.3) is 0 Å². The van der Waals surface area contributed by atoms with Crippen molar-refractivity contribution in [1.82, 2.24) is 5.39 Å². The first-order valence-corrected chi connectivity index (χ1v) is 18.6. The largest absolute Gasteiger partial charge is 0.514 e. The van der Waals surface area contributed by atoms with Crippen LogP contribution in [-0.2, 0) is 33.4 Å². The van der Waals surface area contributed by atoms with Crippen LogP contribution in [0.5, 0.6) is 11.5 Å². The molecule has 1 saturated heterocycles. The van der Waals surface area contributed by atoms with Gasteiger partial charge < -0.3 is 33.5 Å². The number of carbonyl (C=O) groups excluding carboxylic acids is 4. The third kappa shape index (κ3) is 6.94. The highest BCUT2D eigenvalue weighted by Crippen LogP contribution is 2.72. The molecule has 3 saturated carbocycles. The second-order valence-electron chi connectivity index (χ2n) is 16.2. The van der Waals surface area contributed by atoms with E-state index < -0.39 is 94.5 Å². The molecule has 5 aliphatic rings. The number of fused-ring (bicyclic) bond motifs is 7. The topological polar surface area (TPSA) is 197 Å². The number of nitrogens with zero attached hydrogens (tertiary/aromatic N) is 1. The first-order chi connectivity index (χ1) is 26.2. The second-order valence-corrected chi connectivity index (χ2v) is 16.2. The summed E-state index contributed by atoms with van der Waals surface area (Å²) >= 11 is 0. The van der Waals surface area contributed by atoms with Crippen LogP contribution in [-0.4, -0.2) is 106 Å². The van der Waals surface area contributed by atoms with E-state index in [4.69, 9.17) is 38.8 Å². The Morgan fingerprint density at radius 1 is 1.05 bits per heavy atom. The Kier molecular flexibility index (Phi) is 11.3. The average Bonchev–Trinajstić information content (AvgIpc) is 3.54. The van der Waals surface area contributed by atoms with Crippen LogP contribution in [0.3, 0.4) is 0 Å². The SMILES string of the molecule is COc1cc(C(=O)OCCCCC(C)ON(O)O)ccc1OC(=O)OCC(=O)[C@@]12OC(C)(C)O[C@@H]1CC1C3C[C@H](F)C4=CC(=O)C=C[C@]4(C)[C@@]3(F)[C@@H](O)C[C@@]12C. The molecule has 3 N–H and O–H groups in total. The summed E-state index contributed by atoms with van der Waals surface area (Å²) < 4.78 is 67.5. The molecule has 0 spiro atoms. The van der Waals surface area contributed by atoms with Gasteiger partial charge in [0.1, 0.15) is 6.17 Å². The van der Waals surface area contributed by atoms with E-state index in [0.29, 0.717) is 19.3 Å². The Balaban J connectivity index is 1.13. The van der Waals surface area contributed by atoms with E-state index in [1.54, 1.807) is 27.7 Å². The van der Waals surface area contributed by atoms with Gasteiger partial charge >= 0.3 is 12.1 Å². The molecule has 1 aromatic carbocycles. The number of rotatable bonds is 13. The number of hydrogen-bond donors (Lipinski definition) is 3. The van der Waals surface area contributed by atoms with E-state index in [1.807, 2.05) is 0 Å². The lowest BCUT2D eigenvalue weighted by atomic mass is 9.44. The molecule has 0 amide bonds. The number of benzene rings is 1. The standard InChI is InChI=1S/C39H49F2NO14/c1-21(55-42(48)49)9-7-8-14-51-33(46)22-10-11-28(29(15-22)50-6)53-34(47)52-20-31(45)39-32(54-35(2,3)56-39)18-24-25-17-27(40)26-16-23(43)12-13-36(26,4)38(25,41)30(44)19-37(24,39)5/h10-13,15-16,21,24-25,27,30,32,44,48-49H,7-9,14,17-20H2,1-6H3/t21?,24?,25?,27-,30-,32+,36-,37-,38-,39+/m0/s1. The van der Waals surface area contributed by atoms with Crippen LogP contribution >= 0.6 is 0 Å². The molecular formula is C39H49F2NO14. The van der Waals surface area contributed by atoms with Crippen molar-refractivity contribution < 1.29 is 76.7 Å². The van der Waals surface area contributed by atoms with Gasteiger partial charge in [0.2, 0.25) is 5.78 Å². The van der Waals surface area contributed by atoms with E-state index in [1.165, 1.54) is 44.4 Å². The molecule has 3 unspecified atom stereocenters. The maximum absolute atomic E-state index is 17.7. The zero-order valence-corrected chi connectivity index (χ0v) is 32.1. The number of aliphatic hydroxyl groups excluding tert-OH is 1. The first kappa shape index (κ1) is 41.8. The molecule has 0 radical (unpaired) electrons. The number of halogens is 2. The van der Waals surface area contributed by atoms with Gasteiger partial charge in [0.05, 0.1) is 43.0 Å². The van der Waals surface area contributed by atoms with E-state index >= 15 is 8.78 Å². The van der Waals surface area contributed by atoms with E-state index in [-0.39, 0.29) is 53.9 Å². The predicted molar refractivity (Wildman–Crippen MR) is 187 cm³/mol. The molecule has 1 heterocycles. The van der Waals surface area contributed by atoms with E-state index in [9.17, 15) is 24.3 Å². The molecule has 0 bridgehead atoms. The number of unbranched alkanes of at least 4 members (excludes halogenated alkanes) is 1. The molecule has 1 aromatic rings. The zero-order chi connectivity index (χ0) is 41.0. The summed E-state index contributed by atoms with van der Waals surface area (Å²) in [6.07, 6.45) is -1.43. The third-order valence-corrected chi connectivity index (χ3v) is 12.5. The van der Waals surface area contributed by atoms with Crippen molar-refractivity contribution in [2.75, 3.05) is 20.3 Å². The van der Waals surface area contributed by atoms with Gasteiger partial charge in [-0.15, -0.1) is 0 Å². The van der Waals surface area contributed by atoms with Crippen molar-refractivity contribution in [1.29, 1.82) is 0 Å². The van der Waals surface area contributed by atoms with Gasteiger partial charge in [-0.2, -0.15) is 0 Å². The molecule has 6 rings (SSSR count). The number of carbonyl (C=O) groups is 4. The molecule has 56 heavy (non-hydrogen) atoms. The van der Waals surface area contributed by atoms with Crippen LogP contribution in [0.25, 0.3) is 0 Å². The van der Waals surface area contributed by atoms with Gasteiger partial charge in [-0.05, 0) is 108 Å².